The van der Waals surface area contributed by atoms with E-state index in [9.17, 15) is 0 Å². The summed E-state index contributed by atoms with van der Waals surface area (Å²) in [6, 6.07) is 12.2. The predicted octanol–water partition coefficient (Wildman–Crippen LogP) is 4.07. The molecule has 0 N–H and O–H groups in total. The molecule has 25 heavy (non-hydrogen) atoms. The molecule has 0 bridgehead atoms. The highest BCUT2D eigenvalue weighted by atomic mass is 32.2. The van der Waals surface area contributed by atoms with Crippen molar-refractivity contribution in [2.75, 3.05) is 12.4 Å². The molecule has 1 aromatic carbocycles. The van der Waals surface area contributed by atoms with Crippen molar-refractivity contribution in [2.45, 2.75) is 32.7 Å². The Morgan fingerprint density at radius 3 is 2.32 bits per heavy atom. The van der Waals surface area contributed by atoms with Crippen LogP contribution in [0.15, 0.2) is 41.4 Å². The van der Waals surface area contributed by atoms with Gasteiger partial charge >= 0.3 is 0 Å². The third-order valence-electron chi connectivity index (χ3n) is 3.65. The SMILES string of the molecule is Cc1cc(C)cc(OCCSc2ccc(-n3nc(C)cc3C)nn2)c1. The smallest absolute Gasteiger partial charge is 0.175 e. The molecule has 0 atom stereocenters. The topological polar surface area (TPSA) is 52.8 Å². The molecule has 6 heteroatoms. The van der Waals surface area contributed by atoms with Gasteiger partial charge in [-0.3, -0.25) is 0 Å². The molecule has 2 heterocycles. The Labute approximate surface area is 152 Å². The lowest BCUT2D eigenvalue weighted by Gasteiger charge is -2.08. The Balaban J connectivity index is 1.53. The molecular weight excluding hydrogens is 332 g/mol. The molecule has 0 spiro atoms. The maximum absolute atomic E-state index is 5.82. The highest BCUT2D eigenvalue weighted by Gasteiger charge is 2.06. The summed E-state index contributed by atoms with van der Waals surface area (Å²) in [4.78, 5) is 0. The van der Waals surface area contributed by atoms with Crippen molar-refractivity contribution in [2.24, 2.45) is 0 Å². The second kappa shape index (κ2) is 7.70. The van der Waals surface area contributed by atoms with Crippen LogP contribution in [0.25, 0.3) is 5.82 Å². The van der Waals surface area contributed by atoms with Gasteiger partial charge in [0, 0.05) is 11.4 Å². The van der Waals surface area contributed by atoms with Crippen LogP contribution in [0.4, 0.5) is 0 Å². The van der Waals surface area contributed by atoms with Crippen molar-refractivity contribution in [3.63, 3.8) is 0 Å². The van der Waals surface area contributed by atoms with Gasteiger partial charge < -0.3 is 4.74 Å². The van der Waals surface area contributed by atoms with E-state index in [2.05, 4.69) is 47.3 Å². The monoisotopic (exact) mass is 354 g/mol. The van der Waals surface area contributed by atoms with Gasteiger partial charge in [0.25, 0.3) is 0 Å². The molecule has 3 rings (SSSR count). The molecular formula is C19H22N4OS. The van der Waals surface area contributed by atoms with E-state index < -0.39 is 0 Å². The third kappa shape index (κ3) is 4.60. The molecule has 0 saturated heterocycles. The summed E-state index contributed by atoms with van der Waals surface area (Å²) in [5, 5.41) is 13.9. The van der Waals surface area contributed by atoms with Gasteiger partial charge in [0.05, 0.1) is 12.3 Å². The molecule has 2 aromatic heterocycles. The number of aryl methyl sites for hydroxylation is 4. The van der Waals surface area contributed by atoms with Crippen LogP contribution in [0.5, 0.6) is 5.75 Å². The molecule has 0 fully saturated rings. The van der Waals surface area contributed by atoms with Gasteiger partial charge in [-0.05, 0) is 69.2 Å². The zero-order valence-electron chi connectivity index (χ0n) is 15.0. The van der Waals surface area contributed by atoms with E-state index in [0.717, 1.165) is 33.7 Å². The molecule has 0 aliphatic heterocycles. The zero-order chi connectivity index (χ0) is 17.8. The van der Waals surface area contributed by atoms with Crippen molar-refractivity contribution in [1.29, 1.82) is 0 Å². The first-order chi connectivity index (χ1) is 12.0. The second-order valence-electron chi connectivity index (χ2n) is 6.09. The number of rotatable bonds is 6. The van der Waals surface area contributed by atoms with Crippen molar-refractivity contribution >= 4 is 11.8 Å². The third-order valence-corrected chi connectivity index (χ3v) is 4.53. The minimum Gasteiger partial charge on any atom is -0.493 e. The van der Waals surface area contributed by atoms with Gasteiger partial charge in [0.2, 0.25) is 0 Å². The number of ether oxygens (including phenoxy) is 1. The Kier molecular flexibility index (Phi) is 5.38. The molecule has 0 radical (unpaired) electrons. The number of aromatic nitrogens is 4. The van der Waals surface area contributed by atoms with E-state index in [0.29, 0.717) is 6.61 Å². The lowest BCUT2D eigenvalue weighted by Crippen LogP contribution is -2.04. The van der Waals surface area contributed by atoms with Gasteiger partial charge in [-0.2, -0.15) is 5.10 Å². The fourth-order valence-corrected chi connectivity index (χ4v) is 3.32. The number of thioether (sulfide) groups is 1. The first kappa shape index (κ1) is 17.5. The average molecular weight is 354 g/mol. The molecule has 0 aliphatic rings. The molecule has 0 saturated carbocycles. The van der Waals surface area contributed by atoms with Crippen LogP contribution in [0.2, 0.25) is 0 Å². The van der Waals surface area contributed by atoms with Crippen LogP contribution in [0, 0.1) is 27.7 Å². The standard InChI is InChI=1S/C19H22N4OS/c1-13-9-14(2)11-17(10-13)24-7-8-25-19-6-5-18(20-21-19)23-16(4)12-15(3)22-23/h5-6,9-12H,7-8H2,1-4H3. The zero-order valence-corrected chi connectivity index (χ0v) is 15.8. The summed E-state index contributed by atoms with van der Waals surface area (Å²) in [5.74, 6) is 2.48. The highest BCUT2D eigenvalue weighted by molar-refractivity contribution is 7.99. The fraction of sp³-hybridized carbons (Fsp3) is 0.316. The number of hydrogen-bond donors (Lipinski definition) is 0. The largest absolute Gasteiger partial charge is 0.493 e. The number of benzene rings is 1. The summed E-state index contributed by atoms with van der Waals surface area (Å²) in [5.41, 5.74) is 4.46. The fourth-order valence-electron chi connectivity index (χ4n) is 2.69. The van der Waals surface area contributed by atoms with Gasteiger partial charge in [-0.1, -0.05) is 6.07 Å². The van der Waals surface area contributed by atoms with E-state index in [1.807, 2.05) is 32.0 Å². The van der Waals surface area contributed by atoms with Crippen molar-refractivity contribution in [1.82, 2.24) is 20.0 Å². The molecule has 3 aromatic rings. The van der Waals surface area contributed by atoms with Crippen LogP contribution >= 0.6 is 11.8 Å². The summed E-state index contributed by atoms with van der Waals surface area (Å²) >= 11 is 1.63. The van der Waals surface area contributed by atoms with Crippen molar-refractivity contribution in [3.05, 3.63) is 58.9 Å². The minimum atomic E-state index is 0.633. The second-order valence-corrected chi connectivity index (χ2v) is 7.20. The summed E-state index contributed by atoms with van der Waals surface area (Å²) in [6.45, 7) is 8.77. The van der Waals surface area contributed by atoms with Crippen LogP contribution in [-0.2, 0) is 0 Å². The normalized spacial score (nSPS) is 10.9. The van der Waals surface area contributed by atoms with Gasteiger partial charge in [-0.15, -0.1) is 22.0 Å². The van der Waals surface area contributed by atoms with Crippen molar-refractivity contribution in [3.8, 4) is 11.6 Å². The summed E-state index contributed by atoms with van der Waals surface area (Å²) < 4.78 is 7.62. The average Bonchev–Trinajstić information content (AvgIpc) is 2.90. The number of nitrogens with zero attached hydrogens (tertiary/aromatic N) is 4. The van der Waals surface area contributed by atoms with Gasteiger partial charge in [0.15, 0.2) is 5.82 Å². The maximum atomic E-state index is 5.82. The Morgan fingerprint density at radius 2 is 1.72 bits per heavy atom. The van der Waals surface area contributed by atoms with Crippen LogP contribution < -0.4 is 4.74 Å². The first-order valence-corrected chi connectivity index (χ1v) is 9.21. The lowest BCUT2D eigenvalue weighted by molar-refractivity contribution is 0.343. The van der Waals surface area contributed by atoms with Crippen LogP contribution in [0.1, 0.15) is 22.5 Å². The summed E-state index contributed by atoms with van der Waals surface area (Å²) in [7, 11) is 0. The quantitative estimate of drug-likeness (QED) is 0.493. The van der Waals surface area contributed by atoms with Crippen LogP contribution in [-0.4, -0.2) is 32.3 Å². The Hall–Kier alpha value is -2.34. The van der Waals surface area contributed by atoms with E-state index in [1.165, 1.54) is 11.1 Å². The Bertz CT molecular complexity index is 838. The van der Waals surface area contributed by atoms with Gasteiger partial charge in [-0.25, -0.2) is 4.68 Å². The Morgan fingerprint density at radius 1 is 0.960 bits per heavy atom. The molecule has 5 nitrogen and oxygen atoms in total. The van der Waals surface area contributed by atoms with E-state index in [1.54, 1.807) is 16.4 Å². The minimum absolute atomic E-state index is 0.633. The predicted molar refractivity (Wildman–Crippen MR) is 101 cm³/mol. The summed E-state index contributed by atoms with van der Waals surface area (Å²) in [6.07, 6.45) is 0. The van der Waals surface area contributed by atoms with E-state index >= 15 is 0 Å². The molecule has 0 amide bonds. The van der Waals surface area contributed by atoms with Crippen LogP contribution in [0.3, 0.4) is 0 Å². The first-order valence-electron chi connectivity index (χ1n) is 8.22. The molecule has 0 unspecified atom stereocenters. The maximum Gasteiger partial charge on any atom is 0.175 e. The lowest BCUT2D eigenvalue weighted by atomic mass is 10.1. The van der Waals surface area contributed by atoms with Crippen molar-refractivity contribution < 1.29 is 4.74 Å². The molecule has 130 valence electrons. The highest BCUT2D eigenvalue weighted by Crippen LogP contribution is 2.19. The van der Waals surface area contributed by atoms with Gasteiger partial charge in [0.1, 0.15) is 10.8 Å². The number of hydrogen-bond acceptors (Lipinski definition) is 5. The molecule has 0 aliphatic carbocycles. The van der Waals surface area contributed by atoms with E-state index in [4.69, 9.17) is 4.74 Å². The van der Waals surface area contributed by atoms with E-state index in [-0.39, 0.29) is 0 Å².